The van der Waals surface area contributed by atoms with Crippen LogP contribution < -0.4 is 0 Å². The molecule has 1 N–H and O–H groups in total. The van der Waals surface area contributed by atoms with Crippen LogP contribution in [0.1, 0.15) is 39.8 Å². The average molecular weight is 325 g/mol. The van der Waals surface area contributed by atoms with Gasteiger partial charge in [-0.2, -0.15) is 0 Å². The van der Waals surface area contributed by atoms with E-state index in [0.29, 0.717) is 5.92 Å². The number of fused-ring (bicyclic) bond motifs is 1. The fourth-order valence-electron chi connectivity index (χ4n) is 3.25. The van der Waals surface area contributed by atoms with Crippen molar-refractivity contribution in [2.45, 2.75) is 25.7 Å². The molecular weight excluding hydrogens is 306 g/mol. The van der Waals surface area contributed by atoms with E-state index in [4.69, 9.17) is 4.98 Å². The Morgan fingerprint density at radius 2 is 2.13 bits per heavy atom. The third kappa shape index (κ3) is 2.77. The van der Waals surface area contributed by atoms with E-state index < -0.39 is 0 Å². The SMILES string of the molecule is Cc1ccc2nc(C3CCN(C(=O)c4cccs4)CC3)[nH]c2c1. The Labute approximate surface area is 139 Å². The molecule has 0 spiro atoms. The van der Waals surface area contributed by atoms with Crippen LogP contribution in [0.2, 0.25) is 0 Å². The molecule has 0 aliphatic carbocycles. The van der Waals surface area contributed by atoms with Gasteiger partial charge < -0.3 is 9.88 Å². The number of rotatable bonds is 2. The minimum atomic E-state index is 0.165. The molecule has 0 atom stereocenters. The summed E-state index contributed by atoms with van der Waals surface area (Å²) < 4.78 is 0. The van der Waals surface area contributed by atoms with Gasteiger partial charge in [0.05, 0.1) is 15.9 Å². The quantitative estimate of drug-likeness (QED) is 0.775. The number of aryl methyl sites for hydroxylation is 1. The van der Waals surface area contributed by atoms with Crippen molar-refractivity contribution in [3.05, 3.63) is 52.0 Å². The zero-order chi connectivity index (χ0) is 15.8. The Morgan fingerprint density at radius 1 is 1.30 bits per heavy atom. The molecule has 2 aromatic heterocycles. The molecule has 1 amide bonds. The third-order valence-corrected chi connectivity index (χ3v) is 5.41. The number of aromatic nitrogens is 2. The lowest BCUT2D eigenvalue weighted by Gasteiger charge is -2.30. The summed E-state index contributed by atoms with van der Waals surface area (Å²) in [7, 11) is 0. The Balaban J connectivity index is 1.47. The second kappa shape index (κ2) is 5.81. The van der Waals surface area contributed by atoms with Gasteiger partial charge in [0.15, 0.2) is 0 Å². The first kappa shape index (κ1) is 14.5. The highest BCUT2D eigenvalue weighted by molar-refractivity contribution is 7.12. The molecule has 1 saturated heterocycles. The molecule has 4 nitrogen and oxygen atoms in total. The predicted octanol–water partition coefficient (Wildman–Crippen LogP) is 3.95. The molecule has 0 bridgehead atoms. The second-order valence-corrected chi connectivity index (χ2v) is 7.13. The number of carbonyl (C=O) groups excluding carboxylic acids is 1. The lowest BCUT2D eigenvalue weighted by molar-refractivity contribution is 0.0716. The van der Waals surface area contributed by atoms with E-state index in [9.17, 15) is 4.79 Å². The van der Waals surface area contributed by atoms with Crippen LogP contribution in [0.3, 0.4) is 0 Å². The fourth-order valence-corrected chi connectivity index (χ4v) is 3.94. The molecular formula is C18H19N3OS. The average Bonchev–Trinajstić information content (AvgIpc) is 3.23. The van der Waals surface area contributed by atoms with Crippen molar-refractivity contribution < 1.29 is 4.79 Å². The molecule has 0 unspecified atom stereocenters. The molecule has 0 saturated carbocycles. The lowest BCUT2D eigenvalue weighted by Crippen LogP contribution is -2.37. The standard InChI is InChI=1S/C18H19N3OS/c1-12-4-5-14-15(11-12)20-17(19-14)13-6-8-21(9-7-13)18(22)16-3-2-10-23-16/h2-5,10-11,13H,6-9H2,1H3,(H,19,20). The molecule has 3 heterocycles. The van der Waals surface area contributed by atoms with Crippen molar-refractivity contribution in [2.75, 3.05) is 13.1 Å². The van der Waals surface area contributed by atoms with Gasteiger partial charge in [-0.3, -0.25) is 4.79 Å². The van der Waals surface area contributed by atoms with Crippen LogP contribution in [0.25, 0.3) is 11.0 Å². The van der Waals surface area contributed by atoms with Crippen LogP contribution in [-0.2, 0) is 0 Å². The molecule has 4 rings (SSSR count). The van der Waals surface area contributed by atoms with Gasteiger partial charge in [-0.25, -0.2) is 4.98 Å². The monoisotopic (exact) mass is 325 g/mol. The first-order valence-corrected chi connectivity index (χ1v) is 8.88. The fraction of sp³-hybridized carbons (Fsp3) is 0.333. The van der Waals surface area contributed by atoms with Crippen molar-refractivity contribution in [2.24, 2.45) is 0 Å². The lowest BCUT2D eigenvalue weighted by atomic mass is 9.96. The van der Waals surface area contributed by atoms with Gasteiger partial charge in [0.2, 0.25) is 0 Å². The molecule has 23 heavy (non-hydrogen) atoms. The summed E-state index contributed by atoms with van der Waals surface area (Å²) in [6.07, 6.45) is 1.94. The largest absolute Gasteiger partial charge is 0.342 e. The summed E-state index contributed by atoms with van der Waals surface area (Å²) in [5.41, 5.74) is 3.38. The molecule has 1 aromatic carbocycles. The minimum absolute atomic E-state index is 0.165. The Kier molecular flexibility index (Phi) is 3.65. The molecule has 5 heteroatoms. The van der Waals surface area contributed by atoms with E-state index in [-0.39, 0.29) is 5.91 Å². The van der Waals surface area contributed by atoms with Gasteiger partial charge in [0, 0.05) is 19.0 Å². The number of aromatic amines is 1. The Hall–Kier alpha value is -2.14. The van der Waals surface area contributed by atoms with Crippen LogP contribution >= 0.6 is 11.3 Å². The number of nitrogens with one attached hydrogen (secondary N) is 1. The van der Waals surface area contributed by atoms with Gasteiger partial charge in [-0.1, -0.05) is 12.1 Å². The second-order valence-electron chi connectivity index (χ2n) is 6.19. The van der Waals surface area contributed by atoms with E-state index in [1.54, 1.807) is 0 Å². The van der Waals surface area contributed by atoms with Gasteiger partial charge in [-0.05, 0) is 48.9 Å². The molecule has 1 aliphatic heterocycles. The number of piperidine rings is 1. The number of H-pyrrole nitrogens is 1. The number of amides is 1. The van der Waals surface area contributed by atoms with Crippen LogP contribution in [-0.4, -0.2) is 33.9 Å². The zero-order valence-electron chi connectivity index (χ0n) is 13.1. The number of nitrogens with zero attached hydrogens (tertiary/aromatic N) is 2. The summed E-state index contributed by atoms with van der Waals surface area (Å²) in [6, 6.07) is 10.1. The molecule has 118 valence electrons. The number of likely N-dealkylation sites (tertiary alicyclic amines) is 1. The normalized spacial score (nSPS) is 16.1. The number of hydrogen-bond donors (Lipinski definition) is 1. The molecule has 3 aromatic rings. The van der Waals surface area contributed by atoms with Gasteiger partial charge in [-0.15, -0.1) is 11.3 Å². The van der Waals surface area contributed by atoms with Gasteiger partial charge >= 0.3 is 0 Å². The predicted molar refractivity (Wildman–Crippen MR) is 93.0 cm³/mol. The van der Waals surface area contributed by atoms with Gasteiger partial charge in [0.25, 0.3) is 5.91 Å². The summed E-state index contributed by atoms with van der Waals surface area (Å²) in [4.78, 5) is 23.4. The van der Waals surface area contributed by atoms with Crippen molar-refractivity contribution in [1.29, 1.82) is 0 Å². The van der Waals surface area contributed by atoms with Crippen LogP contribution in [0.5, 0.6) is 0 Å². The minimum Gasteiger partial charge on any atom is -0.342 e. The maximum atomic E-state index is 12.4. The highest BCUT2D eigenvalue weighted by Crippen LogP contribution is 2.29. The van der Waals surface area contributed by atoms with Crippen molar-refractivity contribution in [3.63, 3.8) is 0 Å². The summed E-state index contributed by atoms with van der Waals surface area (Å²) in [5.74, 6) is 1.64. The number of imidazole rings is 1. The maximum absolute atomic E-state index is 12.4. The van der Waals surface area contributed by atoms with E-state index in [1.165, 1.54) is 16.9 Å². The molecule has 0 radical (unpaired) electrons. The van der Waals surface area contributed by atoms with Crippen molar-refractivity contribution >= 4 is 28.3 Å². The van der Waals surface area contributed by atoms with E-state index in [2.05, 4.69) is 30.1 Å². The van der Waals surface area contributed by atoms with Crippen molar-refractivity contribution in [1.82, 2.24) is 14.9 Å². The number of thiophene rings is 1. The zero-order valence-corrected chi connectivity index (χ0v) is 13.9. The Bertz CT molecular complexity index is 829. The van der Waals surface area contributed by atoms with E-state index >= 15 is 0 Å². The summed E-state index contributed by atoms with van der Waals surface area (Å²) in [5, 5.41) is 1.95. The smallest absolute Gasteiger partial charge is 0.263 e. The van der Waals surface area contributed by atoms with Crippen LogP contribution in [0.4, 0.5) is 0 Å². The first-order chi connectivity index (χ1) is 11.2. The van der Waals surface area contributed by atoms with Gasteiger partial charge in [0.1, 0.15) is 5.82 Å². The summed E-state index contributed by atoms with van der Waals surface area (Å²) in [6.45, 7) is 3.70. The number of carbonyl (C=O) groups is 1. The molecule has 1 fully saturated rings. The van der Waals surface area contributed by atoms with E-state index in [0.717, 1.165) is 47.7 Å². The first-order valence-electron chi connectivity index (χ1n) is 8.00. The summed E-state index contributed by atoms with van der Waals surface area (Å²) >= 11 is 1.52. The van der Waals surface area contributed by atoms with E-state index in [1.807, 2.05) is 22.4 Å². The number of hydrogen-bond acceptors (Lipinski definition) is 3. The highest BCUT2D eigenvalue weighted by atomic mass is 32.1. The number of benzene rings is 1. The highest BCUT2D eigenvalue weighted by Gasteiger charge is 2.26. The maximum Gasteiger partial charge on any atom is 0.263 e. The van der Waals surface area contributed by atoms with Crippen LogP contribution in [0.15, 0.2) is 35.7 Å². The topological polar surface area (TPSA) is 49.0 Å². The Morgan fingerprint density at radius 3 is 2.87 bits per heavy atom. The third-order valence-electron chi connectivity index (χ3n) is 4.56. The van der Waals surface area contributed by atoms with Crippen LogP contribution in [0, 0.1) is 6.92 Å². The van der Waals surface area contributed by atoms with Crippen molar-refractivity contribution in [3.8, 4) is 0 Å². The molecule has 1 aliphatic rings.